The number of hydrogen-bond acceptors (Lipinski definition) is 3. The van der Waals surface area contributed by atoms with E-state index in [0.717, 1.165) is 5.92 Å². The fourth-order valence-electron chi connectivity index (χ4n) is 3.02. The zero-order valence-electron chi connectivity index (χ0n) is 15.5. The molecule has 1 heterocycles. The van der Waals surface area contributed by atoms with Crippen LogP contribution in [0.1, 0.15) is 78.1 Å². The smallest absolute Gasteiger partial charge is 0.303 e. The molecule has 0 bridgehead atoms. The van der Waals surface area contributed by atoms with Gasteiger partial charge in [-0.25, -0.2) is 0 Å². The second-order valence-electron chi connectivity index (χ2n) is 6.76. The summed E-state index contributed by atoms with van der Waals surface area (Å²) in [5.41, 5.74) is -5.53. The van der Waals surface area contributed by atoms with Crippen molar-refractivity contribution < 1.29 is 26.1 Å². The molecule has 1 fully saturated rings. The molecular formula is C17H34F3NO3S. The molecule has 25 heavy (non-hydrogen) atoms. The standard InChI is InChI=1S/C16H33N.CHF3O3S/c1-3-5-6-7-8-9-13-17-14-11-16(10-4-2)12-15-17;2-1(3,4)8(5,6)7/h16H,3-15H2,1-2H3;(H,5,6,7). The molecule has 1 N–H and O–H groups in total. The average Bonchev–Trinajstić information content (AvgIpc) is 2.51. The lowest BCUT2D eigenvalue weighted by molar-refractivity contribution is -0.0510. The van der Waals surface area contributed by atoms with Crippen LogP contribution in [0.5, 0.6) is 0 Å². The van der Waals surface area contributed by atoms with Gasteiger partial charge in [0.2, 0.25) is 0 Å². The van der Waals surface area contributed by atoms with Crippen molar-refractivity contribution in [2.45, 2.75) is 83.6 Å². The molecule has 152 valence electrons. The minimum Gasteiger partial charge on any atom is -0.303 e. The highest BCUT2D eigenvalue weighted by molar-refractivity contribution is 7.86. The van der Waals surface area contributed by atoms with Crippen molar-refractivity contribution in [3.05, 3.63) is 0 Å². The molecule has 1 aliphatic rings. The first-order valence-corrected chi connectivity index (χ1v) is 10.8. The van der Waals surface area contributed by atoms with Gasteiger partial charge in [0.1, 0.15) is 0 Å². The number of unbranched alkanes of at least 4 members (excludes halogenated alkanes) is 5. The highest BCUT2D eigenvalue weighted by atomic mass is 32.2. The van der Waals surface area contributed by atoms with Crippen LogP contribution >= 0.6 is 0 Å². The van der Waals surface area contributed by atoms with Gasteiger partial charge in [0.25, 0.3) is 0 Å². The van der Waals surface area contributed by atoms with Gasteiger partial charge >= 0.3 is 15.6 Å². The Morgan fingerprint density at radius 2 is 1.44 bits per heavy atom. The molecule has 4 nitrogen and oxygen atoms in total. The third-order valence-electron chi connectivity index (χ3n) is 4.52. The van der Waals surface area contributed by atoms with E-state index >= 15 is 0 Å². The Labute approximate surface area is 150 Å². The minimum absolute atomic E-state index is 1.04. The highest BCUT2D eigenvalue weighted by Gasteiger charge is 2.44. The largest absolute Gasteiger partial charge is 0.522 e. The molecule has 0 aromatic rings. The van der Waals surface area contributed by atoms with Crippen LogP contribution in [0.2, 0.25) is 0 Å². The lowest BCUT2D eigenvalue weighted by atomic mass is 9.92. The fourth-order valence-corrected chi connectivity index (χ4v) is 3.02. The number of hydrogen-bond donors (Lipinski definition) is 1. The number of rotatable bonds is 9. The van der Waals surface area contributed by atoms with Crippen LogP contribution in [0.3, 0.4) is 0 Å². The molecule has 0 aromatic carbocycles. The molecule has 0 saturated carbocycles. The first-order chi connectivity index (χ1) is 11.6. The zero-order valence-corrected chi connectivity index (χ0v) is 16.3. The molecule has 0 aliphatic carbocycles. The van der Waals surface area contributed by atoms with E-state index in [0.29, 0.717) is 0 Å². The quantitative estimate of drug-likeness (QED) is 0.332. The van der Waals surface area contributed by atoms with E-state index in [4.69, 9.17) is 13.0 Å². The predicted octanol–water partition coefficient (Wildman–Crippen LogP) is 5.25. The Morgan fingerprint density at radius 1 is 0.960 bits per heavy atom. The van der Waals surface area contributed by atoms with Crippen molar-refractivity contribution in [2.24, 2.45) is 5.92 Å². The summed E-state index contributed by atoms with van der Waals surface area (Å²) >= 11 is 0. The molecule has 0 aromatic heterocycles. The van der Waals surface area contributed by atoms with E-state index in [1.807, 2.05) is 0 Å². The molecule has 0 atom stereocenters. The summed E-state index contributed by atoms with van der Waals surface area (Å²) in [6.07, 6.45) is 14.4. The van der Waals surface area contributed by atoms with Crippen LogP contribution in [0.25, 0.3) is 0 Å². The monoisotopic (exact) mass is 389 g/mol. The van der Waals surface area contributed by atoms with Crippen LogP contribution < -0.4 is 0 Å². The minimum atomic E-state index is -5.84. The van der Waals surface area contributed by atoms with Gasteiger partial charge in [-0.1, -0.05) is 58.8 Å². The molecular weight excluding hydrogens is 355 g/mol. The fraction of sp³-hybridized carbons (Fsp3) is 1.00. The number of halogens is 3. The summed E-state index contributed by atoms with van der Waals surface area (Å²) < 4.78 is 57.5. The van der Waals surface area contributed by atoms with Crippen molar-refractivity contribution in [1.29, 1.82) is 0 Å². The maximum atomic E-state index is 10.7. The summed E-state index contributed by atoms with van der Waals surface area (Å²) in [7, 11) is -5.84. The van der Waals surface area contributed by atoms with Gasteiger partial charge in [0.05, 0.1) is 0 Å². The van der Waals surface area contributed by atoms with Crippen LogP contribution in [0.4, 0.5) is 13.2 Å². The first kappa shape index (κ1) is 24.7. The second kappa shape index (κ2) is 12.9. The Balaban J connectivity index is 0.000000609. The van der Waals surface area contributed by atoms with Crippen LogP contribution in [-0.2, 0) is 10.1 Å². The summed E-state index contributed by atoms with van der Waals surface area (Å²) in [5.74, 6) is 1.04. The SMILES string of the molecule is CCCCCCCCN1CCC(CCC)CC1.O=S(=O)(O)C(F)(F)F. The lowest BCUT2D eigenvalue weighted by Crippen LogP contribution is -2.34. The molecule has 0 spiro atoms. The number of alkyl halides is 3. The highest BCUT2D eigenvalue weighted by Crippen LogP contribution is 2.22. The van der Waals surface area contributed by atoms with Crippen molar-refractivity contribution in [3.63, 3.8) is 0 Å². The Morgan fingerprint density at radius 3 is 1.88 bits per heavy atom. The lowest BCUT2D eigenvalue weighted by Gasteiger charge is -2.31. The van der Waals surface area contributed by atoms with E-state index in [-0.39, 0.29) is 0 Å². The molecule has 8 heteroatoms. The topological polar surface area (TPSA) is 57.6 Å². The molecule has 0 unspecified atom stereocenters. The summed E-state index contributed by atoms with van der Waals surface area (Å²) in [4.78, 5) is 2.70. The Kier molecular flexibility index (Phi) is 12.7. The number of nitrogens with zero attached hydrogens (tertiary/aromatic N) is 1. The first-order valence-electron chi connectivity index (χ1n) is 9.37. The Hall–Kier alpha value is -0.340. The zero-order chi connectivity index (χ0) is 19.3. The van der Waals surface area contributed by atoms with Gasteiger partial charge in [-0.2, -0.15) is 21.6 Å². The van der Waals surface area contributed by atoms with Crippen molar-refractivity contribution >= 4 is 10.1 Å². The third kappa shape index (κ3) is 12.6. The molecule has 1 aliphatic heterocycles. The average molecular weight is 390 g/mol. The number of piperidine rings is 1. The summed E-state index contributed by atoms with van der Waals surface area (Å²) in [5, 5.41) is 0. The van der Waals surface area contributed by atoms with Gasteiger partial charge < -0.3 is 4.90 Å². The van der Waals surface area contributed by atoms with Gasteiger partial charge in [-0.05, 0) is 44.8 Å². The van der Waals surface area contributed by atoms with E-state index in [9.17, 15) is 13.2 Å². The summed E-state index contributed by atoms with van der Waals surface area (Å²) in [6, 6.07) is 0. The molecule has 1 rings (SSSR count). The van der Waals surface area contributed by atoms with Crippen LogP contribution in [0, 0.1) is 5.92 Å². The molecule has 1 saturated heterocycles. The second-order valence-corrected chi connectivity index (χ2v) is 8.18. The predicted molar refractivity (Wildman–Crippen MR) is 95.1 cm³/mol. The van der Waals surface area contributed by atoms with Crippen LogP contribution in [0.15, 0.2) is 0 Å². The summed E-state index contributed by atoms with van der Waals surface area (Å²) in [6.45, 7) is 8.73. The van der Waals surface area contributed by atoms with E-state index < -0.39 is 15.6 Å². The van der Waals surface area contributed by atoms with Crippen molar-refractivity contribution in [1.82, 2.24) is 4.90 Å². The van der Waals surface area contributed by atoms with Gasteiger partial charge in [0.15, 0.2) is 0 Å². The van der Waals surface area contributed by atoms with E-state index in [2.05, 4.69) is 18.7 Å². The number of likely N-dealkylation sites (tertiary alicyclic amines) is 1. The maximum absolute atomic E-state index is 10.7. The molecule has 0 radical (unpaired) electrons. The van der Waals surface area contributed by atoms with Crippen molar-refractivity contribution in [3.8, 4) is 0 Å². The molecule has 0 amide bonds. The van der Waals surface area contributed by atoms with Gasteiger partial charge in [-0.3, -0.25) is 4.55 Å². The Bertz CT molecular complexity index is 419. The maximum Gasteiger partial charge on any atom is 0.522 e. The van der Waals surface area contributed by atoms with Gasteiger partial charge in [-0.15, -0.1) is 0 Å². The van der Waals surface area contributed by atoms with Crippen molar-refractivity contribution in [2.75, 3.05) is 19.6 Å². The van der Waals surface area contributed by atoms with Crippen LogP contribution in [-0.4, -0.2) is 43.0 Å². The third-order valence-corrected chi connectivity index (χ3v) is 5.11. The van der Waals surface area contributed by atoms with E-state index in [1.54, 1.807) is 0 Å². The van der Waals surface area contributed by atoms with Gasteiger partial charge in [0, 0.05) is 0 Å². The van der Waals surface area contributed by atoms with E-state index in [1.165, 1.54) is 83.8 Å². The normalized spacial score (nSPS) is 17.2.